The first kappa shape index (κ1) is 13.3. The third-order valence-corrected chi connectivity index (χ3v) is 3.55. The fraction of sp³-hybridized carbons (Fsp3) is 0.214. The molecule has 0 aromatic carbocycles. The molecule has 1 N–H and O–H groups in total. The average molecular weight is 315 g/mol. The summed E-state index contributed by atoms with van der Waals surface area (Å²) in [5.41, 5.74) is 3.54. The Kier molecular flexibility index (Phi) is 3.69. The van der Waals surface area contributed by atoms with E-state index in [1.807, 2.05) is 26.0 Å². The summed E-state index contributed by atoms with van der Waals surface area (Å²) >= 11 is 3.28. The fourth-order valence-electron chi connectivity index (χ4n) is 2.18. The smallest absolute Gasteiger partial charge is 0.106 e. The lowest BCUT2D eigenvalue weighted by Gasteiger charge is -2.25. The third-order valence-electron chi connectivity index (χ3n) is 3.08. The van der Waals surface area contributed by atoms with E-state index in [0.717, 1.165) is 21.6 Å². The Bertz CT molecular complexity index is 620. The second-order valence-electron chi connectivity index (χ2n) is 4.27. The van der Waals surface area contributed by atoms with Gasteiger partial charge in [-0.15, -0.1) is 0 Å². The van der Waals surface area contributed by atoms with E-state index >= 15 is 0 Å². The van der Waals surface area contributed by atoms with Crippen molar-refractivity contribution in [1.82, 2.24) is 10.3 Å². The van der Waals surface area contributed by atoms with Gasteiger partial charge in [-0.05, 0) is 41.4 Å². The van der Waals surface area contributed by atoms with Crippen molar-refractivity contribution in [3.05, 3.63) is 51.0 Å². The van der Waals surface area contributed by atoms with Crippen LogP contribution in [-0.2, 0) is 0 Å². The van der Waals surface area contributed by atoms with Crippen molar-refractivity contribution in [1.29, 1.82) is 10.5 Å². The van der Waals surface area contributed by atoms with Gasteiger partial charge in [0.2, 0.25) is 0 Å². The number of nitrogens with zero attached hydrogens (tertiary/aromatic N) is 3. The molecule has 0 saturated heterocycles. The van der Waals surface area contributed by atoms with E-state index in [-0.39, 0.29) is 5.92 Å². The summed E-state index contributed by atoms with van der Waals surface area (Å²) < 4.78 is 0.726. The molecule has 19 heavy (non-hydrogen) atoms. The van der Waals surface area contributed by atoms with E-state index < -0.39 is 0 Å². The number of rotatable bonds is 1. The molecule has 1 aromatic heterocycles. The monoisotopic (exact) mass is 314 g/mol. The number of allylic oxidation sites excluding steroid dienone is 4. The van der Waals surface area contributed by atoms with Gasteiger partial charge < -0.3 is 5.32 Å². The minimum absolute atomic E-state index is 0.336. The highest BCUT2D eigenvalue weighted by Gasteiger charge is 2.29. The zero-order chi connectivity index (χ0) is 14.0. The van der Waals surface area contributed by atoms with Gasteiger partial charge in [-0.3, -0.25) is 0 Å². The molecule has 0 fully saturated rings. The van der Waals surface area contributed by atoms with Gasteiger partial charge in [-0.2, -0.15) is 10.5 Å². The Balaban J connectivity index is 2.61. The molecule has 1 aromatic rings. The molecule has 0 aliphatic carbocycles. The Morgan fingerprint density at radius 3 is 2.16 bits per heavy atom. The summed E-state index contributed by atoms with van der Waals surface area (Å²) in [6.45, 7) is 3.69. The lowest BCUT2D eigenvalue weighted by atomic mass is 9.82. The normalized spacial score (nSPS) is 15.8. The van der Waals surface area contributed by atoms with Crippen LogP contribution in [0.2, 0.25) is 0 Å². The topological polar surface area (TPSA) is 72.5 Å². The van der Waals surface area contributed by atoms with Gasteiger partial charge in [0.15, 0.2) is 0 Å². The molecule has 0 bridgehead atoms. The van der Waals surface area contributed by atoms with Crippen LogP contribution in [0.1, 0.15) is 25.3 Å². The maximum absolute atomic E-state index is 9.34. The SMILES string of the molecule is CC1=C(C#N)C(c2ccc(Br)nc2)C(C#N)=C(C)N1. The van der Waals surface area contributed by atoms with Gasteiger partial charge in [-0.25, -0.2) is 4.98 Å². The first-order valence-corrected chi connectivity index (χ1v) is 6.48. The first-order chi connectivity index (χ1) is 9.08. The van der Waals surface area contributed by atoms with Crippen molar-refractivity contribution in [2.24, 2.45) is 0 Å². The lowest BCUT2D eigenvalue weighted by molar-refractivity contribution is 0.810. The van der Waals surface area contributed by atoms with Crippen LogP contribution in [0.25, 0.3) is 0 Å². The molecule has 0 atom stereocenters. The summed E-state index contributed by atoms with van der Waals surface area (Å²) in [6.07, 6.45) is 1.69. The van der Waals surface area contributed by atoms with E-state index in [2.05, 4.69) is 38.4 Å². The van der Waals surface area contributed by atoms with Crippen LogP contribution in [0, 0.1) is 22.7 Å². The number of dihydropyridines is 1. The molecule has 1 aliphatic heterocycles. The Morgan fingerprint density at radius 2 is 1.74 bits per heavy atom. The summed E-state index contributed by atoms with van der Waals surface area (Å²) in [7, 11) is 0. The van der Waals surface area contributed by atoms with E-state index in [9.17, 15) is 10.5 Å². The molecule has 0 amide bonds. The Hall–Kier alpha value is -2.11. The van der Waals surface area contributed by atoms with Crippen LogP contribution in [0.4, 0.5) is 0 Å². The average Bonchev–Trinajstić information content (AvgIpc) is 2.39. The van der Waals surface area contributed by atoms with Crippen molar-refractivity contribution in [2.45, 2.75) is 19.8 Å². The molecule has 0 unspecified atom stereocenters. The predicted octanol–water partition coefficient (Wildman–Crippen LogP) is 3.13. The predicted molar refractivity (Wildman–Crippen MR) is 74.4 cm³/mol. The molecule has 0 radical (unpaired) electrons. The summed E-state index contributed by atoms with van der Waals surface area (Å²) in [5, 5.41) is 21.8. The molecule has 0 spiro atoms. The van der Waals surface area contributed by atoms with Crippen molar-refractivity contribution < 1.29 is 0 Å². The molecule has 5 heteroatoms. The van der Waals surface area contributed by atoms with Crippen LogP contribution < -0.4 is 5.32 Å². The summed E-state index contributed by atoms with van der Waals surface area (Å²) in [4.78, 5) is 4.17. The Morgan fingerprint density at radius 1 is 1.16 bits per heavy atom. The zero-order valence-corrected chi connectivity index (χ0v) is 12.1. The van der Waals surface area contributed by atoms with E-state index in [1.54, 1.807) is 6.20 Å². The standard InChI is InChI=1S/C14H11BrN4/c1-8-11(5-16)14(12(6-17)9(2)19-8)10-3-4-13(15)18-7-10/h3-4,7,14,19H,1-2H3. The highest BCUT2D eigenvalue weighted by atomic mass is 79.9. The second kappa shape index (κ2) is 5.26. The molecule has 4 nitrogen and oxygen atoms in total. The number of halogens is 1. The zero-order valence-electron chi connectivity index (χ0n) is 10.5. The highest BCUT2D eigenvalue weighted by Crippen LogP contribution is 2.36. The van der Waals surface area contributed by atoms with Gasteiger partial charge in [-0.1, -0.05) is 6.07 Å². The summed E-state index contributed by atoms with van der Waals surface area (Å²) in [5.74, 6) is -0.336. The van der Waals surface area contributed by atoms with E-state index in [4.69, 9.17) is 0 Å². The van der Waals surface area contributed by atoms with Gasteiger partial charge in [0, 0.05) is 17.6 Å². The largest absolute Gasteiger partial charge is 0.361 e. The maximum atomic E-state index is 9.34. The number of nitriles is 2. The quantitative estimate of drug-likeness (QED) is 0.808. The molecule has 0 saturated carbocycles. The number of hydrogen-bond acceptors (Lipinski definition) is 4. The van der Waals surface area contributed by atoms with E-state index in [0.29, 0.717) is 11.1 Å². The van der Waals surface area contributed by atoms with Crippen molar-refractivity contribution >= 4 is 15.9 Å². The number of aromatic nitrogens is 1. The van der Waals surface area contributed by atoms with Crippen LogP contribution in [0.5, 0.6) is 0 Å². The van der Waals surface area contributed by atoms with Crippen molar-refractivity contribution in [3.63, 3.8) is 0 Å². The van der Waals surface area contributed by atoms with Gasteiger partial charge >= 0.3 is 0 Å². The van der Waals surface area contributed by atoms with Gasteiger partial charge in [0.05, 0.1) is 29.2 Å². The minimum atomic E-state index is -0.336. The van der Waals surface area contributed by atoms with E-state index in [1.165, 1.54) is 0 Å². The van der Waals surface area contributed by atoms with Crippen LogP contribution in [-0.4, -0.2) is 4.98 Å². The van der Waals surface area contributed by atoms with Crippen LogP contribution in [0.15, 0.2) is 45.5 Å². The van der Waals surface area contributed by atoms with Crippen molar-refractivity contribution in [2.75, 3.05) is 0 Å². The van der Waals surface area contributed by atoms with Gasteiger partial charge in [0.25, 0.3) is 0 Å². The molecule has 2 rings (SSSR count). The molecule has 2 heterocycles. The van der Waals surface area contributed by atoms with Crippen molar-refractivity contribution in [3.8, 4) is 12.1 Å². The van der Waals surface area contributed by atoms with Crippen LogP contribution >= 0.6 is 15.9 Å². The van der Waals surface area contributed by atoms with Crippen LogP contribution in [0.3, 0.4) is 0 Å². The summed E-state index contributed by atoms with van der Waals surface area (Å²) in [6, 6.07) is 8.08. The highest BCUT2D eigenvalue weighted by molar-refractivity contribution is 9.10. The molecule has 1 aliphatic rings. The molecule has 94 valence electrons. The molecular formula is C14H11BrN4. The fourth-order valence-corrected chi connectivity index (χ4v) is 2.42. The maximum Gasteiger partial charge on any atom is 0.106 e. The lowest BCUT2D eigenvalue weighted by Crippen LogP contribution is -2.23. The second-order valence-corrected chi connectivity index (χ2v) is 5.09. The third kappa shape index (κ3) is 2.38. The minimum Gasteiger partial charge on any atom is -0.361 e. The Labute approximate surface area is 120 Å². The molecular weight excluding hydrogens is 304 g/mol. The number of pyridine rings is 1. The number of hydrogen-bond donors (Lipinski definition) is 1. The number of nitrogens with one attached hydrogen (secondary N) is 1. The first-order valence-electron chi connectivity index (χ1n) is 5.68. The van der Waals surface area contributed by atoms with Gasteiger partial charge in [0.1, 0.15) is 4.60 Å².